The Morgan fingerprint density at radius 2 is 1.71 bits per heavy atom. The first-order valence-electron chi connectivity index (χ1n) is 10.7. The molecule has 2 aromatic rings. The summed E-state index contributed by atoms with van der Waals surface area (Å²) in [6.07, 6.45) is 7.02. The number of rotatable bonds is 5. The molecule has 0 saturated heterocycles. The van der Waals surface area contributed by atoms with Gasteiger partial charge in [-0.3, -0.25) is 4.99 Å². The van der Waals surface area contributed by atoms with E-state index in [1.165, 1.54) is 36.8 Å². The number of hydrogen-bond acceptors (Lipinski definition) is 2. The second-order valence-corrected chi connectivity index (χ2v) is 9.18. The van der Waals surface area contributed by atoms with Crippen LogP contribution in [0.4, 0.5) is 0 Å². The van der Waals surface area contributed by atoms with Gasteiger partial charge in [-0.05, 0) is 74.1 Å². The summed E-state index contributed by atoms with van der Waals surface area (Å²) in [6, 6.07) is 15.3. The van der Waals surface area contributed by atoms with E-state index in [-0.39, 0.29) is 0 Å². The third-order valence-electron chi connectivity index (χ3n) is 5.98. The summed E-state index contributed by atoms with van der Waals surface area (Å²) in [7, 11) is 0. The van der Waals surface area contributed by atoms with Crippen LogP contribution >= 0.6 is 0 Å². The fourth-order valence-corrected chi connectivity index (χ4v) is 4.31. The lowest BCUT2D eigenvalue weighted by molar-refractivity contribution is 0.170. The standard InChI is InChI=1S/C26H35NO/c1-6-28-25-21(16-19(2)17-24(25)20-10-8-7-9-11-20)18-27-23-14-12-22(13-15-23)26(3,4)5/h7-11,16-18,22-23H,6,12-15H2,1-5H3. The second kappa shape index (κ2) is 8.94. The topological polar surface area (TPSA) is 21.6 Å². The van der Waals surface area contributed by atoms with Crippen molar-refractivity contribution >= 4 is 6.21 Å². The fourth-order valence-electron chi connectivity index (χ4n) is 4.31. The smallest absolute Gasteiger partial charge is 0.135 e. The van der Waals surface area contributed by atoms with Crippen LogP contribution in [0, 0.1) is 18.3 Å². The van der Waals surface area contributed by atoms with Gasteiger partial charge in [0.25, 0.3) is 0 Å². The lowest BCUT2D eigenvalue weighted by atomic mass is 9.71. The van der Waals surface area contributed by atoms with E-state index in [0.717, 1.165) is 22.8 Å². The second-order valence-electron chi connectivity index (χ2n) is 9.18. The molecule has 0 aliphatic heterocycles. The Labute approximate surface area is 171 Å². The van der Waals surface area contributed by atoms with Gasteiger partial charge in [0, 0.05) is 23.4 Å². The first-order valence-corrected chi connectivity index (χ1v) is 10.7. The van der Waals surface area contributed by atoms with Gasteiger partial charge in [-0.15, -0.1) is 0 Å². The van der Waals surface area contributed by atoms with Crippen molar-refractivity contribution in [3.05, 3.63) is 53.6 Å². The zero-order chi connectivity index (χ0) is 20.1. The number of ether oxygens (including phenoxy) is 1. The van der Waals surface area contributed by atoms with Crippen LogP contribution in [0.2, 0.25) is 0 Å². The highest BCUT2D eigenvalue weighted by Crippen LogP contribution is 2.39. The highest BCUT2D eigenvalue weighted by atomic mass is 16.5. The Morgan fingerprint density at radius 1 is 1.04 bits per heavy atom. The minimum Gasteiger partial charge on any atom is -0.493 e. The molecule has 0 aromatic heterocycles. The van der Waals surface area contributed by atoms with Crippen molar-refractivity contribution in [2.45, 2.75) is 66.3 Å². The van der Waals surface area contributed by atoms with Crippen LogP contribution < -0.4 is 4.74 Å². The van der Waals surface area contributed by atoms with Gasteiger partial charge in [0.1, 0.15) is 5.75 Å². The van der Waals surface area contributed by atoms with Gasteiger partial charge in [0.05, 0.1) is 6.61 Å². The molecule has 2 nitrogen and oxygen atoms in total. The molecule has 0 spiro atoms. The molecule has 0 radical (unpaired) electrons. The molecule has 1 aliphatic rings. The van der Waals surface area contributed by atoms with Gasteiger partial charge in [-0.2, -0.15) is 0 Å². The van der Waals surface area contributed by atoms with Crippen LogP contribution in [0.1, 0.15) is 64.5 Å². The zero-order valence-electron chi connectivity index (χ0n) is 18.2. The summed E-state index contributed by atoms with van der Waals surface area (Å²) >= 11 is 0. The molecule has 2 aromatic carbocycles. The van der Waals surface area contributed by atoms with Crippen LogP contribution in [-0.4, -0.2) is 18.9 Å². The molecule has 150 valence electrons. The van der Waals surface area contributed by atoms with Crippen LogP contribution in [0.25, 0.3) is 11.1 Å². The normalized spacial score (nSPS) is 20.5. The fraction of sp³-hybridized carbons (Fsp3) is 0.500. The van der Waals surface area contributed by atoms with Crippen LogP contribution in [-0.2, 0) is 0 Å². The molecule has 1 fully saturated rings. The summed E-state index contributed by atoms with van der Waals surface area (Å²) in [5, 5.41) is 0. The summed E-state index contributed by atoms with van der Waals surface area (Å²) < 4.78 is 6.09. The maximum atomic E-state index is 6.09. The summed E-state index contributed by atoms with van der Waals surface area (Å²) in [5.74, 6) is 1.77. The molecule has 0 heterocycles. The Hall–Kier alpha value is -2.09. The average Bonchev–Trinajstić information content (AvgIpc) is 2.68. The van der Waals surface area contributed by atoms with Gasteiger partial charge in [0.15, 0.2) is 0 Å². The molecule has 0 unspecified atom stereocenters. The molecule has 0 bridgehead atoms. The maximum absolute atomic E-state index is 6.09. The van der Waals surface area contributed by atoms with Crippen LogP contribution in [0.15, 0.2) is 47.5 Å². The summed E-state index contributed by atoms with van der Waals surface area (Å²) in [5.41, 5.74) is 5.09. The molecule has 1 saturated carbocycles. The van der Waals surface area contributed by atoms with Crippen molar-refractivity contribution in [1.82, 2.24) is 0 Å². The molecule has 0 N–H and O–H groups in total. The van der Waals surface area contributed by atoms with Crippen LogP contribution in [0.3, 0.4) is 0 Å². The third-order valence-corrected chi connectivity index (χ3v) is 5.98. The van der Waals surface area contributed by atoms with Gasteiger partial charge in [0.2, 0.25) is 0 Å². The lowest BCUT2D eigenvalue weighted by Gasteiger charge is -2.35. The highest BCUT2D eigenvalue weighted by Gasteiger charge is 2.29. The Morgan fingerprint density at radius 3 is 2.32 bits per heavy atom. The van der Waals surface area contributed by atoms with Gasteiger partial charge in [-0.25, -0.2) is 0 Å². The number of benzene rings is 2. The largest absolute Gasteiger partial charge is 0.493 e. The molecular weight excluding hydrogens is 342 g/mol. The van der Waals surface area contributed by atoms with E-state index in [0.29, 0.717) is 18.1 Å². The number of aliphatic imine (C=N–C) groups is 1. The van der Waals surface area contributed by atoms with E-state index in [1.54, 1.807) is 0 Å². The van der Waals surface area contributed by atoms with Gasteiger partial charge >= 0.3 is 0 Å². The van der Waals surface area contributed by atoms with E-state index in [9.17, 15) is 0 Å². The molecule has 1 aliphatic carbocycles. The van der Waals surface area contributed by atoms with Crippen LogP contribution in [0.5, 0.6) is 5.75 Å². The van der Waals surface area contributed by atoms with Crippen molar-refractivity contribution in [2.75, 3.05) is 6.61 Å². The van der Waals surface area contributed by atoms with Crippen molar-refractivity contribution in [1.29, 1.82) is 0 Å². The Kier molecular flexibility index (Phi) is 6.59. The predicted octanol–water partition coefficient (Wildman–Crippen LogP) is 7.08. The predicted molar refractivity (Wildman–Crippen MR) is 121 cm³/mol. The number of aryl methyl sites for hydroxylation is 1. The quantitative estimate of drug-likeness (QED) is 0.510. The zero-order valence-corrected chi connectivity index (χ0v) is 18.2. The molecule has 28 heavy (non-hydrogen) atoms. The highest BCUT2D eigenvalue weighted by molar-refractivity contribution is 5.89. The van der Waals surface area contributed by atoms with Crippen molar-refractivity contribution in [3.8, 4) is 16.9 Å². The monoisotopic (exact) mass is 377 g/mol. The van der Waals surface area contributed by atoms with E-state index >= 15 is 0 Å². The van der Waals surface area contributed by atoms with E-state index in [1.807, 2.05) is 6.92 Å². The van der Waals surface area contributed by atoms with Crippen molar-refractivity contribution in [3.63, 3.8) is 0 Å². The molecular formula is C26H35NO. The summed E-state index contributed by atoms with van der Waals surface area (Å²) in [4.78, 5) is 4.98. The molecule has 3 rings (SSSR count). The Balaban J connectivity index is 1.84. The van der Waals surface area contributed by atoms with Gasteiger partial charge in [-0.1, -0.05) is 51.1 Å². The Bertz CT molecular complexity index is 793. The van der Waals surface area contributed by atoms with E-state index in [4.69, 9.17) is 9.73 Å². The van der Waals surface area contributed by atoms with Crippen molar-refractivity contribution in [2.24, 2.45) is 16.3 Å². The SMILES string of the molecule is CCOc1c(C=NC2CCC(C(C)(C)C)CC2)cc(C)cc1-c1ccccc1. The minimum absolute atomic E-state index is 0.415. The molecule has 0 amide bonds. The average molecular weight is 378 g/mol. The maximum Gasteiger partial charge on any atom is 0.135 e. The first-order chi connectivity index (χ1) is 13.4. The van der Waals surface area contributed by atoms with Crippen molar-refractivity contribution < 1.29 is 4.74 Å². The first kappa shape index (κ1) is 20.6. The summed E-state index contributed by atoms with van der Waals surface area (Å²) in [6.45, 7) is 12.0. The lowest BCUT2D eigenvalue weighted by Crippen LogP contribution is -2.27. The van der Waals surface area contributed by atoms with Gasteiger partial charge < -0.3 is 4.74 Å². The molecule has 0 atom stereocenters. The van der Waals surface area contributed by atoms with E-state index in [2.05, 4.69) is 76.4 Å². The van der Waals surface area contributed by atoms with E-state index < -0.39 is 0 Å². The minimum atomic E-state index is 0.415. The number of nitrogens with zero attached hydrogens (tertiary/aromatic N) is 1. The molecule has 2 heteroatoms. The third kappa shape index (κ3) is 5.04. The number of hydrogen-bond donors (Lipinski definition) is 0.